The molecule has 0 aliphatic rings. The summed E-state index contributed by atoms with van der Waals surface area (Å²) in [6.07, 6.45) is 3.06. The quantitative estimate of drug-likeness (QED) is 0.331. The molecule has 0 unspecified atom stereocenters. The van der Waals surface area contributed by atoms with E-state index in [2.05, 4.69) is 15.5 Å². The third-order valence-corrected chi connectivity index (χ3v) is 2.83. The highest BCUT2D eigenvalue weighted by Crippen LogP contribution is 2.10. The van der Waals surface area contributed by atoms with Gasteiger partial charge in [0.15, 0.2) is 5.84 Å². The Bertz CT molecular complexity index is 696. The smallest absolute Gasteiger partial charge is 0.271 e. The number of aromatic nitrogens is 2. The molecule has 4 N–H and O–H groups in total. The van der Waals surface area contributed by atoms with E-state index in [4.69, 9.17) is 10.9 Å². The molecule has 1 amide bonds. The number of benzene rings is 1. The standard InChI is InChI=1S/C13H14FN5O2/c1-19-6-11(17-7-19)13(20)16-5-9-3-2-8(4-10(9)14)12(15)18-21/h2-4,6-7,21H,5H2,1H3,(H2,15,18)(H,16,20). The zero-order valence-corrected chi connectivity index (χ0v) is 11.2. The molecular weight excluding hydrogens is 277 g/mol. The van der Waals surface area contributed by atoms with Gasteiger partial charge in [0.1, 0.15) is 11.5 Å². The molecule has 8 heteroatoms. The SMILES string of the molecule is Cn1cnc(C(=O)NCc2ccc(/C(N)=N/O)cc2F)c1. The molecular formula is C13H14FN5O2. The average molecular weight is 291 g/mol. The number of halogens is 1. The first-order valence-corrected chi connectivity index (χ1v) is 6.03. The summed E-state index contributed by atoms with van der Waals surface area (Å²) in [5.41, 5.74) is 6.17. The van der Waals surface area contributed by atoms with Gasteiger partial charge >= 0.3 is 0 Å². The summed E-state index contributed by atoms with van der Waals surface area (Å²) in [7, 11) is 1.75. The van der Waals surface area contributed by atoms with E-state index in [1.54, 1.807) is 17.8 Å². The number of aryl methyl sites for hydroxylation is 1. The Kier molecular flexibility index (Phi) is 4.17. The maximum Gasteiger partial charge on any atom is 0.271 e. The molecule has 2 aromatic rings. The molecule has 0 fully saturated rings. The summed E-state index contributed by atoms with van der Waals surface area (Å²) in [6, 6.07) is 4.10. The van der Waals surface area contributed by atoms with Gasteiger partial charge in [-0.3, -0.25) is 4.79 Å². The molecule has 1 aromatic heterocycles. The summed E-state index contributed by atoms with van der Waals surface area (Å²) in [6.45, 7) is 0.0116. The minimum Gasteiger partial charge on any atom is -0.409 e. The lowest BCUT2D eigenvalue weighted by Gasteiger charge is -2.06. The highest BCUT2D eigenvalue weighted by Gasteiger charge is 2.11. The first-order chi connectivity index (χ1) is 10.0. The average Bonchev–Trinajstić information content (AvgIpc) is 2.91. The van der Waals surface area contributed by atoms with Crippen LogP contribution in [0.4, 0.5) is 4.39 Å². The fraction of sp³-hybridized carbons (Fsp3) is 0.154. The van der Waals surface area contributed by atoms with E-state index in [1.165, 1.54) is 18.5 Å². The van der Waals surface area contributed by atoms with Crippen LogP contribution in [0.25, 0.3) is 0 Å². The Labute approximate surface area is 119 Å². The van der Waals surface area contributed by atoms with Crippen LogP contribution in [0.5, 0.6) is 0 Å². The Morgan fingerprint density at radius 3 is 2.90 bits per heavy atom. The van der Waals surface area contributed by atoms with Gasteiger partial charge < -0.3 is 20.8 Å². The number of oxime groups is 1. The van der Waals surface area contributed by atoms with Crippen molar-refractivity contribution in [3.05, 3.63) is 53.4 Å². The van der Waals surface area contributed by atoms with Gasteiger partial charge in [-0.25, -0.2) is 9.37 Å². The minimum atomic E-state index is -0.555. The predicted molar refractivity (Wildman–Crippen MR) is 73.3 cm³/mol. The number of rotatable bonds is 4. The van der Waals surface area contributed by atoms with Gasteiger partial charge in [-0.15, -0.1) is 0 Å². The first-order valence-electron chi connectivity index (χ1n) is 6.03. The normalized spacial score (nSPS) is 11.4. The van der Waals surface area contributed by atoms with Crippen molar-refractivity contribution in [3.63, 3.8) is 0 Å². The van der Waals surface area contributed by atoms with Gasteiger partial charge in [-0.2, -0.15) is 0 Å². The fourth-order valence-corrected chi connectivity index (χ4v) is 1.70. The molecule has 2 rings (SSSR count). The molecule has 0 aliphatic heterocycles. The zero-order valence-electron chi connectivity index (χ0n) is 11.2. The number of imidazole rings is 1. The van der Waals surface area contributed by atoms with Gasteiger partial charge in [-0.1, -0.05) is 17.3 Å². The van der Waals surface area contributed by atoms with Gasteiger partial charge in [0.25, 0.3) is 5.91 Å². The lowest BCUT2D eigenvalue weighted by molar-refractivity contribution is 0.0946. The number of nitrogens with one attached hydrogen (secondary N) is 1. The van der Waals surface area contributed by atoms with Crippen molar-refractivity contribution in [1.82, 2.24) is 14.9 Å². The van der Waals surface area contributed by atoms with Crippen LogP contribution in [0.2, 0.25) is 0 Å². The molecule has 0 aliphatic carbocycles. The lowest BCUT2D eigenvalue weighted by Crippen LogP contribution is -2.24. The maximum atomic E-state index is 13.8. The van der Waals surface area contributed by atoms with E-state index in [0.29, 0.717) is 0 Å². The molecule has 0 spiro atoms. The van der Waals surface area contributed by atoms with E-state index in [0.717, 1.165) is 6.07 Å². The number of nitrogens with zero attached hydrogens (tertiary/aromatic N) is 3. The van der Waals surface area contributed by atoms with Gasteiger partial charge in [0, 0.05) is 30.9 Å². The van der Waals surface area contributed by atoms with Crippen molar-refractivity contribution in [1.29, 1.82) is 0 Å². The van der Waals surface area contributed by atoms with E-state index in [1.807, 2.05) is 0 Å². The monoisotopic (exact) mass is 291 g/mol. The highest BCUT2D eigenvalue weighted by molar-refractivity contribution is 5.97. The summed E-state index contributed by atoms with van der Waals surface area (Å²) >= 11 is 0. The number of nitrogens with two attached hydrogens (primary N) is 1. The number of amides is 1. The summed E-state index contributed by atoms with van der Waals surface area (Å²) in [4.78, 5) is 15.7. The van der Waals surface area contributed by atoms with Crippen LogP contribution >= 0.6 is 0 Å². The van der Waals surface area contributed by atoms with Crippen LogP contribution < -0.4 is 11.1 Å². The number of amidine groups is 1. The Morgan fingerprint density at radius 1 is 1.57 bits per heavy atom. The van der Waals surface area contributed by atoms with Crippen molar-refractivity contribution < 1.29 is 14.4 Å². The number of hydrogen-bond donors (Lipinski definition) is 3. The fourth-order valence-electron chi connectivity index (χ4n) is 1.70. The second-order valence-corrected chi connectivity index (χ2v) is 4.40. The molecule has 21 heavy (non-hydrogen) atoms. The van der Waals surface area contributed by atoms with Crippen molar-refractivity contribution in [3.8, 4) is 0 Å². The van der Waals surface area contributed by atoms with Crippen molar-refractivity contribution in [2.24, 2.45) is 17.9 Å². The van der Waals surface area contributed by atoms with E-state index in [9.17, 15) is 9.18 Å². The number of carbonyl (C=O) groups excluding carboxylic acids is 1. The van der Waals surface area contributed by atoms with Gasteiger partial charge in [0.2, 0.25) is 0 Å². The Morgan fingerprint density at radius 2 is 2.33 bits per heavy atom. The lowest BCUT2D eigenvalue weighted by atomic mass is 10.1. The Hall–Kier alpha value is -2.90. The first kappa shape index (κ1) is 14.5. The second-order valence-electron chi connectivity index (χ2n) is 4.40. The minimum absolute atomic E-state index is 0.0116. The molecule has 1 aromatic carbocycles. The topological polar surface area (TPSA) is 106 Å². The van der Waals surface area contributed by atoms with Crippen LogP contribution in [0.15, 0.2) is 35.9 Å². The van der Waals surface area contributed by atoms with Crippen molar-refractivity contribution >= 4 is 11.7 Å². The molecule has 0 atom stereocenters. The molecule has 0 radical (unpaired) electrons. The van der Waals surface area contributed by atoms with E-state index in [-0.39, 0.29) is 29.2 Å². The van der Waals surface area contributed by atoms with E-state index < -0.39 is 11.7 Å². The largest absolute Gasteiger partial charge is 0.409 e. The molecule has 110 valence electrons. The van der Waals surface area contributed by atoms with Crippen LogP contribution in [-0.2, 0) is 13.6 Å². The Balaban J connectivity index is 2.05. The van der Waals surface area contributed by atoms with E-state index >= 15 is 0 Å². The molecule has 7 nitrogen and oxygen atoms in total. The van der Waals surface area contributed by atoms with Crippen molar-refractivity contribution in [2.45, 2.75) is 6.54 Å². The van der Waals surface area contributed by atoms with Gasteiger partial charge in [0.05, 0.1) is 6.33 Å². The molecule has 0 saturated carbocycles. The third kappa shape index (κ3) is 3.35. The van der Waals surface area contributed by atoms with Crippen molar-refractivity contribution in [2.75, 3.05) is 0 Å². The molecule has 1 heterocycles. The third-order valence-electron chi connectivity index (χ3n) is 2.83. The predicted octanol–water partition coefficient (Wildman–Crippen LogP) is 0.584. The highest BCUT2D eigenvalue weighted by atomic mass is 19.1. The maximum absolute atomic E-state index is 13.8. The second kappa shape index (κ2) is 6.04. The number of carbonyl (C=O) groups is 1. The number of hydrogen-bond acceptors (Lipinski definition) is 4. The van der Waals surface area contributed by atoms with Crippen LogP contribution in [0.3, 0.4) is 0 Å². The van der Waals surface area contributed by atoms with Crippen LogP contribution in [0, 0.1) is 5.82 Å². The zero-order chi connectivity index (χ0) is 15.4. The van der Waals surface area contributed by atoms with Crippen LogP contribution in [0.1, 0.15) is 21.6 Å². The van der Waals surface area contributed by atoms with Gasteiger partial charge in [-0.05, 0) is 6.07 Å². The summed E-state index contributed by atoms with van der Waals surface area (Å²) in [5.74, 6) is -1.13. The molecule has 0 bridgehead atoms. The van der Waals surface area contributed by atoms with Crippen LogP contribution in [-0.4, -0.2) is 26.5 Å². The molecule has 0 saturated heterocycles. The summed E-state index contributed by atoms with van der Waals surface area (Å²) < 4.78 is 15.5. The summed E-state index contributed by atoms with van der Waals surface area (Å²) in [5, 5.41) is 13.9.